The van der Waals surface area contributed by atoms with Gasteiger partial charge < -0.3 is 11.5 Å². The largest absolute Gasteiger partial charge is 0.398 e. The van der Waals surface area contributed by atoms with E-state index >= 15 is 0 Å². The number of nitrogens with zero attached hydrogens (tertiary/aromatic N) is 1. The van der Waals surface area contributed by atoms with Crippen molar-refractivity contribution in [3.63, 3.8) is 0 Å². The number of rotatable bonds is 5. The van der Waals surface area contributed by atoms with Crippen LogP contribution in [0.2, 0.25) is 0 Å². The lowest BCUT2D eigenvalue weighted by Crippen LogP contribution is -2.43. The lowest BCUT2D eigenvalue weighted by atomic mass is 10.1. The average molecular weight is 299 g/mol. The minimum Gasteiger partial charge on any atom is -0.398 e. The zero-order chi connectivity index (χ0) is 15.7. The van der Waals surface area contributed by atoms with E-state index in [1.165, 1.54) is 0 Å². The number of benzene rings is 1. The Hall–Kier alpha value is -1.60. The highest BCUT2D eigenvalue weighted by molar-refractivity contribution is 7.89. The summed E-state index contributed by atoms with van der Waals surface area (Å²) in [5, 5.41) is 0. The number of carbonyl (C=O) groups is 1. The van der Waals surface area contributed by atoms with Gasteiger partial charge in [0.1, 0.15) is 0 Å². The minimum atomic E-state index is -3.83. The van der Waals surface area contributed by atoms with E-state index in [1.807, 2.05) is 0 Å². The highest BCUT2D eigenvalue weighted by atomic mass is 32.2. The maximum Gasteiger partial charge on any atom is 0.244 e. The molecule has 0 saturated carbocycles. The van der Waals surface area contributed by atoms with Crippen molar-refractivity contribution in [2.24, 2.45) is 5.73 Å². The summed E-state index contributed by atoms with van der Waals surface area (Å²) in [5.74, 6) is -0.693. The topological polar surface area (TPSA) is 106 Å². The maximum atomic E-state index is 12.8. The van der Waals surface area contributed by atoms with Gasteiger partial charge in [0, 0.05) is 11.7 Å². The smallest absolute Gasteiger partial charge is 0.244 e. The van der Waals surface area contributed by atoms with Crippen molar-refractivity contribution in [2.45, 2.75) is 38.6 Å². The van der Waals surface area contributed by atoms with Crippen LogP contribution in [0.15, 0.2) is 17.0 Å². The molecule has 6 nitrogen and oxygen atoms in total. The Kier molecular flexibility index (Phi) is 4.77. The molecule has 112 valence electrons. The molecule has 0 aromatic heterocycles. The molecule has 7 heteroatoms. The van der Waals surface area contributed by atoms with Gasteiger partial charge in [0.05, 0.1) is 11.4 Å². The lowest BCUT2D eigenvalue weighted by Gasteiger charge is -2.26. The molecule has 0 heterocycles. The number of aryl methyl sites for hydroxylation is 1. The number of nitrogens with two attached hydrogens (primary N) is 2. The molecule has 0 aliphatic heterocycles. The van der Waals surface area contributed by atoms with Gasteiger partial charge in [-0.15, -0.1) is 0 Å². The van der Waals surface area contributed by atoms with Crippen molar-refractivity contribution in [3.8, 4) is 0 Å². The molecular formula is C13H21N3O3S. The Morgan fingerprint density at radius 2 is 1.85 bits per heavy atom. The maximum absolute atomic E-state index is 12.8. The van der Waals surface area contributed by atoms with Crippen LogP contribution in [0.4, 0.5) is 5.69 Å². The first-order valence-corrected chi connectivity index (χ1v) is 7.68. The molecule has 1 aromatic carbocycles. The molecule has 0 radical (unpaired) electrons. The SMILES string of the molecule is Cc1ccc(N)c(C)c1S(=O)(=O)N(CC(N)=O)C(C)C. The second-order valence-corrected chi connectivity index (χ2v) is 6.86. The van der Waals surface area contributed by atoms with Gasteiger partial charge in [-0.3, -0.25) is 4.79 Å². The Labute approximate surface area is 119 Å². The van der Waals surface area contributed by atoms with Gasteiger partial charge in [0.2, 0.25) is 15.9 Å². The molecule has 20 heavy (non-hydrogen) atoms. The van der Waals surface area contributed by atoms with Gasteiger partial charge >= 0.3 is 0 Å². The third kappa shape index (κ3) is 3.10. The van der Waals surface area contributed by atoms with Crippen LogP contribution in [0.25, 0.3) is 0 Å². The van der Waals surface area contributed by atoms with Crippen LogP contribution in [0.1, 0.15) is 25.0 Å². The number of primary amides is 1. The van der Waals surface area contributed by atoms with E-state index in [9.17, 15) is 13.2 Å². The summed E-state index contributed by atoms with van der Waals surface area (Å²) in [6, 6.07) is 2.93. The minimum absolute atomic E-state index is 0.146. The van der Waals surface area contributed by atoms with Gasteiger partial charge in [-0.25, -0.2) is 8.42 Å². The molecule has 1 amide bonds. The molecule has 0 unspecified atom stereocenters. The molecule has 0 atom stereocenters. The third-order valence-electron chi connectivity index (χ3n) is 3.10. The normalized spacial score (nSPS) is 12.1. The van der Waals surface area contributed by atoms with Crippen LogP contribution in [0, 0.1) is 13.8 Å². The van der Waals surface area contributed by atoms with Crippen LogP contribution in [0.5, 0.6) is 0 Å². The molecule has 0 aliphatic carbocycles. The predicted molar refractivity (Wildman–Crippen MR) is 78.6 cm³/mol. The molecule has 1 rings (SSSR count). The lowest BCUT2D eigenvalue weighted by molar-refractivity contribution is -0.118. The Bertz CT molecular complexity index is 624. The standard InChI is InChI=1S/C13H21N3O3S/c1-8(2)16(7-12(15)17)20(18,19)13-9(3)5-6-11(14)10(13)4/h5-6,8H,7,14H2,1-4H3,(H2,15,17). The number of nitrogen functional groups attached to an aromatic ring is 1. The van der Waals surface area contributed by atoms with Crippen molar-refractivity contribution in [1.29, 1.82) is 0 Å². The number of hydrogen-bond donors (Lipinski definition) is 2. The quantitative estimate of drug-likeness (QED) is 0.783. The third-order valence-corrected chi connectivity index (χ3v) is 5.41. The second kappa shape index (κ2) is 5.80. The Morgan fingerprint density at radius 3 is 2.30 bits per heavy atom. The number of sulfonamides is 1. The van der Waals surface area contributed by atoms with Gasteiger partial charge in [-0.05, 0) is 44.9 Å². The van der Waals surface area contributed by atoms with Crippen LogP contribution in [-0.2, 0) is 14.8 Å². The van der Waals surface area contributed by atoms with Crippen LogP contribution in [-0.4, -0.2) is 31.2 Å². The summed E-state index contributed by atoms with van der Waals surface area (Å²) in [6.45, 7) is 6.38. The fourth-order valence-electron chi connectivity index (χ4n) is 2.06. The van der Waals surface area contributed by atoms with Gasteiger partial charge in [0.15, 0.2) is 0 Å². The van der Waals surface area contributed by atoms with E-state index in [0.717, 1.165) is 4.31 Å². The molecule has 4 N–H and O–H groups in total. The van der Waals surface area contributed by atoms with Crippen molar-refractivity contribution < 1.29 is 13.2 Å². The summed E-state index contributed by atoms with van der Waals surface area (Å²) in [7, 11) is -3.83. The van der Waals surface area contributed by atoms with Gasteiger partial charge in [-0.2, -0.15) is 4.31 Å². The van der Waals surface area contributed by atoms with Crippen molar-refractivity contribution in [1.82, 2.24) is 4.31 Å². The fraction of sp³-hybridized carbons (Fsp3) is 0.462. The Balaban J connectivity index is 3.49. The Morgan fingerprint density at radius 1 is 1.30 bits per heavy atom. The number of anilines is 1. The van der Waals surface area contributed by atoms with Crippen LogP contribution >= 0.6 is 0 Å². The zero-order valence-corrected chi connectivity index (χ0v) is 13.0. The highest BCUT2D eigenvalue weighted by Crippen LogP contribution is 2.28. The van der Waals surface area contributed by atoms with E-state index in [1.54, 1.807) is 39.8 Å². The summed E-state index contributed by atoms with van der Waals surface area (Å²) >= 11 is 0. The number of amides is 1. The summed E-state index contributed by atoms with van der Waals surface area (Å²) in [5.41, 5.74) is 12.4. The average Bonchev–Trinajstić information content (AvgIpc) is 2.30. The first-order valence-electron chi connectivity index (χ1n) is 6.24. The fourth-order valence-corrected chi connectivity index (χ4v) is 4.12. The molecule has 0 spiro atoms. The molecule has 0 aliphatic rings. The van der Waals surface area contributed by atoms with Crippen LogP contribution < -0.4 is 11.5 Å². The summed E-state index contributed by atoms with van der Waals surface area (Å²) in [6.07, 6.45) is 0. The summed E-state index contributed by atoms with van der Waals surface area (Å²) < 4.78 is 26.6. The summed E-state index contributed by atoms with van der Waals surface area (Å²) in [4.78, 5) is 11.3. The van der Waals surface area contributed by atoms with E-state index in [2.05, 4.69) is 0 Å². The van der Waals surface area contributed by atoms with E-state index in [4.69, 9.17) is 11.5 Å². The first-order chi connectivity index (χ1) is 9.09. The van der Waals surface area contributed by atoms with E-state index in [-0.39, 0.29) is 17.5 Å². The van der Waals surface area contributed by atoms with Crippen molar-refractivity contribution in [2.75, 3.05) is 12.3 Å². The monoisotopic (exact) mass is 299 g/mol. The van der Waals surface area contributed by atoms with Crippen LogP contribution in [0.3, 0.4) is 0 Å². The van der Waals surface area contributed by atoms with E-state index < -0.39 is 15.9 Å². The number of carbonyl (C=O) groups excluding carboxylic acids is 1. The van der Waals surface area contributed by atoms with Crippen molar-refractivity contribution >= 4 is 21.6 Å². The zero-order valence-electron chi connectivity index (χ0n) is 12.2. The second-order valence-electron chi connectivity index (χ2n) is 5.04. The van der Waals surface area contributed by atoms with Gasteiger partial charge in [-0.1, -0.05) is 6.07 Å². The highest BCUT2D eigenvalue weighted by Gasteiger charge is 2.31. The number of hydrogen-bond acceptors (Lipinski definition) is 4. The first kappa shape index (κ1) is 16.5. The molecular weight excluding hydrogens is 278 g/mol. The van der Waals surface area contributed by atoms with Crippen molar-refractivity contribution in [3.05, 3.63) is 23.3 Å². The van der Waals surface area contributed by atoms with Gasteiger partial charge in [0.25, 0.3) is 0 Å². The predicted octanol–water partition coefficient (Wildman–Crippen LogP) is 0.770. The molecule has 0 fully saturated rings. The molecule has 0 bridgehead atoms. The molecule has 1 aromatic rings. The molecule has 0 saturated heterocycles. The van der Waals surface area contributed by atoms with E-state index in [0.29, 0.717) is 16.8 Å².